The second-order valence-electron chi connectivity index (χ2n) is 12.6. The third-order valence-electron chi connectivity index (χ3n) is 9.26. The molecular weight excluding hydrogens is 699 g/mol. The summed E-state index contributed by atoms with van der Waals surface area (Å²) in [5.74, 6) is 5.26. The molecule has 2 saturated heterocycles. The molecule has 50 heavy (non-hydrogen) atoms. The number of nitrogens with two attached hydrogens (primary N) is 1. The third-order valence-corrected chi connectivity index (χ3v) is 12.1. The molecule has 0 bridgehead atoms. The molecule has 6 rings (SSSR count). The van der Waals surface area contributed by atoms with Gasteiger partial charge in [0.1, 0.15) is 28.8 Å². The Bertz CT molecular complexity index is 2070. The van der Waals surface area contributed by atoms with Crippen molar-refractivity contribution in [1.82, 2.24) is 19.5 Å². The van der Waals surface area contributed by atoms with Crippen molar-refractivity contribution < 1.29 is 22.7 Å². The summed E-state index contributed by atoms with van der Waals surface area (Å²) >= 11 is 13.3. The van der Waals surface area contributed by atoms with E-state index in [2.05, 4.69) is 15.4 Å². The number of carbonyl (C=O) groups is 2. The Balaban J connectivity index is 1.12. The number of ether oxygens (including phenoxy) is 1. The number of likely N-dealkylation sites (tertiary alicyclic amines) is 1. The largest absolute Gasteiger partial charge is 0.487 e. The predicted octanol–water partition coefficient (Wildman–Crippen LogP) is 5.60. The van der Waals surface area contributed by atoms with Crippen molar-refractivity contribution >= 4 is 62.2 Å². The first-order valence-corrected chi connectivity index (χ1v) is 18.6. The van der Waals surface area contributed by atoms with E-state index in [1.807, 2.05) is 32.0 Å². The molecule has 0 saturated carbocycles. The van der Waals surface area contributed by atoms with E-state index in [1.54, 1.807) is 35.2 Å². The van der Waals surface area contributed by atoms with E-state index in [0.717, 1.165) is 22.2 Å². The average Bonchev–Trinajstić information content (AvgIpc) is 3.60. The summed E-state index contributed by atoms with van der Waals surface area (Å²) < 4.78 is 35.5. The number of rotatable bonds is 9. The van der Waals surface area contributed by atoms with E-state index < -0.39 is 16.1 Å². The lowest BCUT2D eigenvalue weighted by atomic mass is 10.0. The Hall–Kier alpha value is -4.23. The molecule has 0 spiro atoms. The van der Waals surface area contributed by atoms with E-state index in [0.29, 0.717) is 61.2 Å². The standard InChI is InChI=1S/C36H38Cl2N6O5S/c1-22-19-23(2)41-34-27(22)5-3-7-31(34)49-21-28-29(37)12-13-32(33(28)38)50(47,48)44-16-4-6-30(44)35(45)42-26-14-17-43(18-15-26)36(46)25-10-8-24(9-11-25)20-40-39/h3,5,7-13,19-20,26,30H,4,6,14-18,21,39H2,1-2H3,(H,42,45)/t30-/m0/s1. The summed E-state index contributed by atoms with van der Waals surface area (Å²) in [6, 6.07) is 16.4. The molecule has 2 aliphatic heterocycles. The van der Waals surface area contributed by atoms with Crippen molar-refractivity contribution in [2.45, 2.75) is 63.1 Å². The van der Waals surface area contributed by atoms with Crippen molar-refractivity contribution in [3.63, 3.8) is 0 Å². The fraction of sp³-hybridized carbons (Fsp3) is 0.333. The van der Waals surface area contributed by atoms with E-state index in [4.69, 9.17) is 33.8 Å². The van der Waals surface area contributed by atoms with Crippen molar-refractivity contribution in [3.05, 3.63) is 98.7 Å². The number of hydrazone groups is 1. The van der Waals surface area contributed by atoms with Crippen molar-refractivity contribution in [1.29, 1.82) is 0 Å². The molecule has 4 aromatic rings. The monoisotopic (exact) mass is 736 g/mol. The molecule has 262 valence electrons. The van der Waals surface area contributed by atoms with Crippen LogP contribution in [0.3, 0.4) is 0 Å². The van der Waals surface area contributed by atoms with Crippen LogP contribution in [0.5, 0.6) is 5.75 Å². The minimum Gasteiger partial charge on any atom is -0.487 e. The lowest BCUT2D eigenvalue weighted by molar-refractivity contribution is -0.125. The van der Waals surface area contributed by atoms with Crippen LogP contribution in [0.15, 0.2) is 70.7 Å². The SMILES string of the molecule is Cc1cc(C)c2cccc(OCc3c(Cl)ccc(S(=O)(=O)N4CCC[C@H]4C(=O)NC4CCN(C(=O)c5ccc(C=NN)cc5)CC4)c3Cl)c2n1. The van der Waals surface area contributed by atoms with Gasteiger partial charge in [-0.3, -0.25) is 9.59 Å². The van der Waals surface area contributed by atoms with E-state index in [9.17, 15) is 18.0 Å². The number of sulfonamides is 1. The first kappa shape index (κ1) is 35.6. The number of halogens is 2. The van der Waals surface area contributed by atoms with Crippen LogP contribution in [0.1, 0.15) is 58.4 Å². The smallest absolute Gasteiger partial charge is 0.253 e. The highest BCUT2D eigenvalue weighted by Crippen LogP contribution is 2.37. The van der Waals surface area contributed by atoms with Crippen molar-refractivity contribution in [2.75, 3.05) is 19.6 Å². The third kappa shape index (κ3) is 7.29. The number of para-hydroxylation sites is 1. The number of nitrogens with zero attached hydrogens (tertiary/aromatic N) is 4. The van der Waals surface area contributed by atoms with Crippen LogP contribution < -0.4 is 15.9 Å². The van der Waals surface area contributed by atoms with Crippen molar-refractivity contribution in [2.24, 2.45) is 10.9 Å². The average molecular weight is 738 g/mol. The minimum atomic E-state index is -4.18. The molecular formula is C36H38Cl2N6O5S. The molecule has 0 unspecified atom stereocenters. The number of fused-ring (bicyclic) bond motifs is 1. The number of benzene rings is 3. The zero-order valence-electron chi connectivity index (χ0n) is 27.7. The second kappa shape index (κ2) is 14.9. The fourth-order valence-corrected chi connectivity index (χ4v) is 9.17. The summed E-state index contributed by atoms with van der Waals surface area (Å²) in [4.78, 5) is 32.8. The highest BCUT2D eigenvalue weighted by molar-refractivity contribution is 7.89. The van der Waals surface area contributed by atoms with Gasteiger partial charge in [-0.25, -0.2) is 13.4 Å². The molecule has 1 atom stereocenters. The Morgan fingerprint density at radius 1 is 1.04 bits per heavy atom. The summed E-state index contributed by atoms with van der Waals surface area (Å²) in [5, 5.41) is 7.69. The highest BCUT2D eigenvalue weighted by atomic mass is 35.5. The number of nitrogens with one attached hydrogen (secondary N) is 1. The molecule has 3 heterocycles. The molecule has 0 radical (unpaired) electrons. The van der Waals surface area contributed by atoms with Crippen LogP contribution in [0.4, 0.5) is 0 Å². The van der Waals surface area contributed by atoms with Crippen LogP contribution in [0, 0.1) is 13.8 Å². The first-order valence-electron chi connectivity index (χ1n) is 16.4. The van der Waals surface area contributed by atoms with Gasteiger partial charge in [0.25, 0.3) is 5.91 Å². The maximum Gasteiger partial charge on any atom is 0.253 e. The van der Waals surface area contributed by atoms with E-state index in [1.165, 1.54) is 22.7 Å². The Labute approximate surface area is 301 Å². The van der Waals surface area contributed by atoms with Crippen LogP contribution in [-0.4, -0.2) is 72.4 Å². The molecule has 3 N–H and O–H groups in total. The zero-order valence-corrected chi connectivity index (χ0v) is 30.1. The number of hydrogen-bond acceptors (Lipinski definition) is 8. The van der Waals surface area contributed by atoms with Gasteiger partial charge in [0.2, 0.25) is 15.9 Å². The highest BCUT2D eigenvalue weighted by Gasteiger charge is 2.41. The number of pyridine rings is 1. The number of aromatic nitrogens is 1. The van der Waals surface area contributed by atoms with Gasteiger partial charge in [-0.05, 0) is 87.1 Å². The molecule has 2 fully saturated rings. The fourth-order valence-electron chi connectivity index (χ4n) is 6.65. The van der Waals surface area contributed by atoms with Gasteiger partial charge in [-0.2, -0.15) is 9.41 Å². The second-order valence-corrected chi connectivity index (χ2v) is 15.3. The van der Waals surface area contributed by atoms with Gasteiger partial charge in [0.05, 0.1) is 11.2 Å². The molecule has 11 nitrogen and oxygen atoms in total. The van der Waals surface area contributed by atoms with Gasteiger partial charge in [0, 0.05) is 52.9 Å². The Kier molecular flexibility index (Phi) is 10.6. The molecule has 2 amide bonds. The lowest BCUT2D eigenvalue weighted by Gasteiger charge is -2.33. The van der Waals surface area contributed by atoms with Gasteiger partial charge in [0.15, 0.2) is 0 Å². The quantitative estimate of drug-likeness (QED) is 0.129. The number of amides is 2. The van der Waals surface area contributed by atoms with Gasteiger partial charge < -0.3 is 20.8 Å². The summed E-state index contributed by atoms with van der Waals surface area (Å²) in [5.41, 5.74) is 4.26. The number of piperidine rings is 1. The van der Waals surface area contributed by atoms with Crippen LogP contribution in [0.25, 0.3) is 10.9 Å². The normalized spacial score (nSPS) is 17.4. The number of aryl methyl sites for hydroxylation is 2. The lowest BCUT2D eigenvalue weighted by Crippen LogP contribution is -2.52. The molecule has 3 aromatic carbocycles. The predicted molar refractivity (Wildman–Crippen MR) is 194 cm³/mol. The van der Waals surface area contributed by atoms with E-state index in [-0.39, 0.29) is 45.9 Å². The van der Waals surface area contributed by atoms with Crippen LogP contribution in [0.2, 0.25) is 10.0 Å². The topological polar surface area (TPSA) is 147 Å². The maximum absolute atomic E-state index is 14.1. The Morgan fingerprint density at radius 3 is 2.50 bits per heavy atom. The minimum absolute atomic E-state index is 0.0525. The zero-order chi connectivity index (χ0) is 35.6. The van der Waals surface area contributed by atoms with Crippen molar-refractivity contribution in [3.8, 4) is 5.75 Å². The Morgan fingerprint density at radius 2 is 1.78 bits per heavy atom. The molecule has 14 heteroatoms. The first-order chi connectivity index (χ1) is 24.0. The maximum atomic E-state index is 14.1. The van der Waals surface area contributed by atoms with Crippen LogP contribution in [-0.2, 0) is 21.4 Å². The molecule has 0 aliphatic carbocycles. The number of carbonyl (C=O) groups excluding carboxylic acids is 2. The van der Waals surface area contributed by atoms with E-state index >= 15 is 0 Å². The van der Waals surface area contributed by atoms with Crippen LogP contribution >= 0.6 is 23.2 Å². The van der Waals surface area contributed by atoms with Gasteiger partial charge >= 0.3 is 0 Å². The summed E-state index contributed by atoms with van der Waals surface area (Å²) in [6.07, 6.45) is 3.50. The summed E-state index contributed by atoms with van der Waals surface area (Å²) in [7, 11) is -4.18. The molecule has 1 aromatic heterocycles. The summed E-state index contributed by atoms with van der Waals surface area (Å²) in [6.45, 7) is 4.92. The molecule has 2 aliphatic rings. The van der Waals surface area contributed by atoms with Gasteiger partial charge in [-0.15, -0.1) is 0 Å². The number of hydrogen-bond donors (Lipinski definition) is 2. The van der Waals surface area contributed by atoms with Gasteiger partial charge in [-0.1, -0.05) is 47.5 Å².